The summed E-state index contributed by atoms with van der Waals surface area (Å²) in [6.07, 6.45) is 4.51. The molecular formula is C27H33N3O2. The molecule has 0 saturated carbocycles. The fourth-order valence-electron chi connectivity index (χ4n) is 4.91. The summed E-state index contributed by atoms with van der Waals surface area (Å²) >= 11 is 0. The molecule has 0 spiro atoms. The van der Waals surface area contributed by atoms with Crippen LogP contribution in [-0.2, 0) is 4.79 Å². The summed E-state index contributed by atoms with van der Waals surface area (Å²) in [5, 5.41) is 4.19. The molecule has 1 aliphatic rings. The molecule has 2 aromatic carbocycles. The van der Waals surface area contributed by atoms with E-state index >= 15 is 0 Å². The van der Waals surface area contributed by atoms with E-state index in [0.717, 1.165) is 47.0 Å². The van der Waals surface area contributed by atoms with E-state index in [9.17, 15) is 9.59 Å². The lowest BCUT2D eigenvalue weighted by atomic mass is 9.95. The third kappa shape index (κ3) is 4.16. The van der Waals surface area contributed by atoms with Gasteiger partial charge >= 0.3 is 0 Å². The Hall–Kier alpha value is -3.08. The number of aromatic nitrogens is 1. The number of aryl methyl sites for hydroxylation is 1. The molecule has 1 aliphatic heterocycles. The number of hydrogen-bond donors (Lipinski definition) is 2. The quantitative estimate of drug-likeness (QED) is 0.479. The molecular weight excluding hydrogens is 398 g/mol. The third-order valence-corrected chi connectivity index (χ3v) is 6.72. The van der Waals surface area contributed by atoms with Gasteiger partial charge in [-0.15, -0.1) is 0 Å². The maximum Gasteiger partial charge on any atom is 0.255 e. The molecule has 2 unspecified atom stereocenters. The van der Waals surface area contributed by atoms with Gasteiger partial charge in [0.2, 0.25) is 5.91 Å². The molecule has 3 aromatic rings. The lowest BCUT2D eigenvalue weighted by molar-refractivity contribution is -0.122. The largest absolute Gasteiger partial charge is 0.358 e. The third-order valence-electron chi connectivity index (χ3n) is 6.72. The first-order valence-corrected chi connectivity index (χ1v) is 11.8. The van der Waals surface area contributed by atoms with Crippen molar-refractivity contribution >= 4 is 22.7 Å². The van der Waals surface area contributed by atoms with Crippen LogP contribution in [0, 0.1) is 12.8 Å². The number of carbonyl (C=O) groups excluding carboxylic acids is 2. The minimum absolute atomic E-state index is 0.0569. The smallest absolute Gasteiger partial charge is 0.255 e. The Bertz CT molecular complexity index is 1120. The van der Waals surface area contributed by atoms with Crippen molar-refractivity contribution in [2.24, 2.45) is 5.92 Å². The zero-order valence-corrected chi connectivity index (χ0v) is 19.3. The topological polar surface area (TPSA) is 65.2 Å². The lowest BCUT2D eigenvalue weighted by Gasteiger charge is -2.26. The molecule has 2 atom stereocenters. The Balaban J connectivity index is 1.61. The molecule has 1 aromatic heterocycles. The van der Waals surface area contributed by atoms with Crippen molar-refractivity contribution in [3.63, 3.8) is 0 Å². The molecule has 168 valence electrons. The fourth-order valence-corrected chi connectivity index (χ4v) is 4.91. The summed E-state index contributed by atoms with van der Waals surface area (Å²) in [5.41, 5.74) is 4.79. The van der Waals surface area contributed by atoms with Gasteiger partial charge in [0.15, 0.2) is 0 Å². The summed E-state index contributed by atoms with van der Waals surface area (Å²) in [7, 11) is 0. The number of hydrogen-bond acceptors (Lipinski definition) is 2. The number of carbonyl (C=O) groups is 2. The molecule has 2 heterocycles. The number of amides is 2. The Morgan fingerprint density at radius 2 is 1.88 bits per heavy atom. The first-order valence-electron chi connectivity index (χ1n) is 11.8. The summed E-state index contributed by atoms with van der Waals surface area (Å²) < 4.78 is 0. The number of aromatic amines is 1. The predicted octanol–water partition coefficient (Wildman–Crippen LogP) is 5.35. The molecule has 0 fully saturated rings. The molecule has 0 aliphatic carbocycles. The number of unbranched alkanes of at least 4 members (excludes halogenated alkanes) is 1. The molecule has 5 nitrogen and oxygen atoms in total. The maximum atomic E-state index is 13.4. The highest BCUT2D eigenvalue weighted by atomic mass is 16.2. The number of nitrogens with zero attached hydrogens (tertiary/aromatic N) is 1. The van der Waals surface area contributed by atoms with Gasteiger partial charge in [-0.3, -0.25) is 9.59 Å². The SMILES string of the molecule is CCCCC(CC)CNC(=O)CN1C(=O)c2ccccc2C1c1c(C)[nH]c2ccccc12. The second-order valence-corrected chi connectivity index (χ2v) is 8.85. The van der Waals surface area contributed by atoms with Gasteiger partial charge in [0.05, 0.1) is 6.04 Å². The zero-order valence-electron chi connectivity index (χ0n) is 19.3. The predicted molar refractivity (Wildman–Crippen MR) is 129 cm³/mol. The second kappa shape index (κ2) is 9.60. The van der Waals surface area contributed by atoms with E-state index in [2.05, 4.69) is 30.2 Å². The number of fused-ring (bicyclic) bond motifs is 2. The monoisotopic (exact) mass is 431 g/mol. The van der Waals surface area contributed by atoms with Crippen LogP contribution in [0.3, 0.4) is 0 Å². The van der Waals surface area contributed by atoms with Crippen molar-refractivity contribution in [3.8, 4) is 0 Å². The average molecular weight is 432 g/mol. The summed E-state index contributed by atoms with van der Waals surface area (Å²) in [6.45, 7) is 7.12. The highest BCUT2D eigenvalue weighted by Crippen LogP contribution is 2.42. The van der Waals surface area contributed by atoms with E-state index in [1.165, 1.54) is 6.42 Å². The van der Waals surface area contributed by atoms with Crippen LogP contribution in [-0.4, -0.2) is 34.8 Å². The number of rotatable bonds is 9. The zero-order chi connectivity index (χ0) is 22.7. The van der Waals surface area contributed by atoms with Gasteiger partial charge in [-0.1, -0.05) is 69.5 Å². The van der Waals surface area contributed by atoms with Crippen molar-refractivity contribution in [3.05, 3.63) is 70.9 Å². The molecule has 32 heavy (non-hydrogen) atoms. The minimum atomic E-state index is -0.275. The summed E-state index contributed by atoms with van der Waals surface area (Å²) in [5.74, 6) is 0.309. The van der Waals surface area contributed by atoms with Gasteiger partial charge in [-0.05, 0) is 37.0 Å². The van der Waals surface area contributed by atoms with Crippen molar-refractivity contribution in [1.82, 2.24) is 15.2 Å². The first kappa shape index (κ1) is 22.1. The molecule has 2 amide bonds. The normalized spacial score (nSPS) is 16.4. The Kier molecular flexibility index (Phi) is 6.63. The van der Waals surface area contributed by atoms with Gasteiger partial charge < -0.3 is 15.2 Å². The van der Waals surface area contributed by atoms with Crippen molar-refractivity contribution < 1.29 is 9.59 Å². The highest BCUT2D eigenvalue weighted by Gasteiger charge is 2.40. The second-order valence-electron chi connectivity index (χ2n) is 8.85. The van der Waals surface area contributed by atoms with Crippen molar-refractivity contribution in [2.75, 3.05) is 13.1 Å². The van der Waals surface area contributed by atoms with E-state index in [4.69, 9.17) is 0 Å². The van der Waals surface area contributed by atoms with Crippen LogP contribution in [0.1, 0.15) is 72.8 Å². The van der Waals surface area contributed by atoms with Crippen LogP contribution in [0.4, 0.5) is 0 Å². The first-order chi connectivity index (χ1) is 15.5. The minimum Gasteiger partial charge on any atom is -0.358 e. The molecule has 5 heteroatoms. The highest BCUT2D eigenvalue weighted by molar-refractivity contribution is 6.02. The maximum absolute atomic E-state index is 13.4. The van der Waals surface area contributed by atoms with Gasteiger partial charge in [-0.2, -0.15) is 0 Å². The van der Waals surface area contributed by atoms with Crippen molar-refractivity contribution in [1.29, 1.82) is 0 Å². The van der Waals surface area contributed by atoms with E-state index < -0.39 is 0 Å². The van der Waals surface area contributed by atoms with Gasteiger partial charge in [-0.25, -0.2) is 0 Å². The average Bonchev–Trinajstić information content (AvgIpc) is 3.27. The van der Waals surface area contributed by atoms with Crippen molar-refractivity contribution in [2.45, 2.75) is 52.5 Å². The number of benzene rings is 2. The van der Waals surface area contributed by atoms with Crippen LogP contribution in [0.5, 0.6) is 0 Å². The van der Waals surface area contributed by atoms with Crippen LogP contribution in [0.15, 0.2) is 48.5 Å². The van der Waals surface area contributed by atoms with Crippen LogP contribution >= 0.6 is 0 Å². The van der Waals surface area contributed by atoms with E-state index in [0.29, 0.717) is 18.0 Å². The van der Waals surface area contributed by atoms with E-state index in [-0.39, 0.29) is 24.4 Å². The number of nitrogens with one attached hydrogen (secondary N) is 2. The number of para-hydroxylation sites is 1. The summed E-state index contributed by atoms with van der Waals surface area (Å²) in [4.78, 5) is 31.5. The lowest BCUT2D eigenvalue weighted by Crippen LogP contribution is -2.41. The van der Waals surface area contributed by atoms with Gasteiger partial charge in [0.25, 0.3) is 5.91 Å². The van der Waals surface area contributed by atoms with Gasteiger partial charge in [0.1, 0.15) is 6.54 Å². The van der Waals surface area contributed by atoms with Gasteiger partial charge in [0, 0.05) is 34.3 Å². The molecule has 4 rings (SSSR count). The fraction of sp³-hybridized carbons (Fsp3) is 0.407. The molecule has 2 N–H and O–H groups in total. The van der Waals surface area contributed by atoms with E-state index in [1.807, 2.05) is 49.4 Å². The van der Waals surface area contributed by atoms with Crippen LogP contribution in [0.25, 0.3) is 10.9 Å². The standard InChI is InChI=1S/C27H33N3O2/c1-4-6-11-19(5-2)16-28-24(31)17-30-26(20-12-7-8-13-21(20)27(30)32)25-18(3)29-23-15-10-9-14-22(23)25/h7-10,12-15,19,26,29H,4-6,11,16-17H2,1-3H3,(H,28,31). The molecule has 0 saturated heterocycles. The summed E-state index contributed by atoms with van der Waals surface area (Å²) in [6, 6.07) is 15.6. The van der Waals surface area contributed by atoms with Crippen LogP contribution < -0.4 is 5.32 Å². The molecule has 0 bridgehead atoms. The Morgan fingerprint density at radius 3 is 2.66 bits per heavy atom. The Labute approximate surface area is 190 Å². The van der Waals surface area contributed by atoms with Crippen LogP contribution in [0.2, 0.25) is 0 Å². The number of H-pyrrole nitrogens is 1. The van der Waals surface area contributed by atoms with E-state index in [1.54, 1.807) is 4.90 Å². The molecule has 0 radical (unpaired) electrons. The Morgan fingerprint density at radius 1 is 1.12 bits per heavy atom.